The molecule has 6 heteroatoms. The van der Waals surface area contributed by atoms with Crippen LogP contribution in [-0.4, -0.2) is 22.8 Å². The van der Waals surface area contributed by atoms with Crippen LogP contribution in [0, 0.1) is 6.92 Å². The summed E-state index contributed by atoms with van der Waals surface area (Å²) >= 11 is 2.91. The molecule has 0 aliphatic rings. The van der Waals surface area contributed by atoms with Crippen LogP contribution < -0.4 is 10.2 Å². The van der Waals surface area contributed by atoms with Crippen LogP contribution in [-0.2, 0) is 17.1 Å². The predicted molar refractivity (Wildman–Crippen MR) is 88.9 cm³/mol. The van der Waals surface area contributed by atoms with Crippen molar-refractivity contribution in [1.29, 1.82) is 0 Å². The van der Waals surface area contributed by atoms with Gasteiger partial charge in [0.15, 0.2) is 0 Å². The molecule has 1 aromatic heterocycles. The van der Waals surface area contributed by atoms with Gasteiger partial charge < -0.3 is 5.32 Å². The fourth-order valence-electron chi connectivity index (χ4n) is 1.82. The van der Waals surface area contributed by atoms with E-state index in [-0.39, 0.29) is 17.3 Å². The molecule has 0 saturated carbocycles. The maximum Gasteiger partial charge on any atom is 0.307 e. The number of hydrogen-bond donors (Lipinski definition) is 1. The normalized spacial score (nSPS) is 10.5. The van der Waals surface area contributed by atoms with E-state index in [4.69, 9.17) is 0 Å². The van der Waals surface area contributed by atoms with Crippen LogP contribution in [0.1, 0.15) is 11.3 Å². The average molecular weight is 322 g/mol. The van der Waals surface area contributed by atoms with E-state index in [1.165, 1.54) is 10.1 Å². The topological polar surface area (TPSA) is 51.1 Å². The Morgan fingerprint density at radius 2 is 2.10 bits per heavy atom. The summed E-state index contributed by atoms with van der Waals surface area (Å²) in [5, 5.41) is 4.62. The lowest BCUT2D eigenvalue weighted by molar-refractivity contribution is -0.121. The van der Waals surface area contributed by atoms with Crippen LogP contribution in [0.25, 0.3) is 0 Å². The molecule has 2 aromatic rings. The largest absolute Gasteiger partial charge is 0.354 e. The molecule has 1 heterocycles. The first-order chi connectivity index (χ1) is 10.2. The van der Waals surface area contributed by atoms with E-state index in [9.17, 15) is 9.59 Å². The molecule has 0 spiro atoms. The van der Waals surface area contributed by atoms with Gasteiger partial charge in [0.1, 0.15) is 6.54 Å². The molecule has 21 heavy (non-hydrogen) atoms. The Labute approximate surface area is 132 Å². The van der Waals surface area contributed by atoms with Crippen LogP contribution in [0.5, 0.6) is 0 Å². The summed E-state index contributed by atoms with van der Waals surface area (Å²) < 4.78 is 1.50. The number of aryl methyl sites for hydroxylation is 1. The van der Waals surface area contributed by atoms with Crippen LogP contribution in [0.2, 0.25) is 0 Å². The summed E-state index contributed by atoms with van der Waals surface area (Å²) in [5.74, 6) is 1.69. The van der Waals surface area contributed by atoms with Gasteiger partial charge >= 0.3 is 4.87 Å². The first-order valence-electron chi connectivity index (χ1n) is 6.70. The highest BCUT2D eigenvalue weighted by Gasteiger charge is 2.07. The minimum Gasteiger partial charge on any atom is -0.354 e. The molecule has 0 bridgehead atoms. The monoisotopic (exact) mass is 322 g/mol. The van der Waals surface area contributed by atoms with Gasteiger partial charge in [-0.1, -0.05) is 41.7 Å². The molecule has 1 amide bonds. The van der Waals surface area contributed by atoms with Gasteiger partial charge in [-0.3, -0.25) is 14.2 Å². The second-order valence-electron chi connectivity index (χ2n) is 4.62. The molecule has 0 aliphatic carbocycles. The molecule has 112 valence electrons. The second-order valence-corrected chi connectivity index (χ2v) is 6.54. The van der Waals surface area contributed by atoms with Gasteiger partial charge in [-0.05, 0) is 12.5 Å². The predicted octanol–water partition coefficient (Wildman–Crippen LogP) is 2.27. The minimum atomic E-state index is -0.112. The highest BCUT2D eigenvalue weighted by molar-refractivity contribution is 7.98. The van der Waals surface area contributed by atoms with Gasteiger partial charge in [-0.2, -0.15) is 11.8 Å². The number of nitrogens with one attached hydrogen (secondary N) is 1. The molecular weight excluding hydrogens is 304 g/mol. The number of aromatic nitrogens is 1. The van der Waals surface area contributed by atoms with E-state index in [2.05, 4.69) is 17.4 Å². The number of carbonyl (C=O) groups excluding carboxylic acids is 1. The fraction of sp³-hybridized carbons (Fsp3) is 0.333. The number of hydrogen-bond acceptors (Lipinski definition) is 4. The molecule has 0 unspecified atom stereocenters. The smallest absolute Gasteiger partial charge is 0.307 e. The van der Waals surface area contributed by atoms with Crippen molar-refractivity contribution in [2.24, 2.45) is 0 Å². The van der Waals surface area contributed by atoms with Gasteiger partial charge in [0, 0.05) is 29.1 Å². The first-order valence-corrected chi connectivity index (χ1v) is 8.73. The van der Waals surface area contributed by atoms with E-state index in [1.807, 2.05) is 25.1 Å². The second kappa shape index (κ2) is 8.05. The van der Waals surface area contributed by atoms with E-state index in [0.29, 0.717) is 6.54 Å². The number of thioether (sulfide) groups is 1. The van der Waals surface area contributed by atoms with Crippen molar-refractivity contribution < 1.29 is 4.79 Å². The Morgan fingerprint density at radius 3 is 2.76 bits per heavy atom. The number of benzene rings is 1. The molecule has 0 fully saturated rings. The highest BCUT2D eigenvalue weighted by atomic mass is 32.2. The van der Waals surface area contributed by atoms with Crippen molar-refractivity contribution in [3.05, 3.63) is 56.6 Å². The van der Waals surface area contributed by atoms with Crippen molar-refractivity contribution >= 4 is 29.0 Å². The Hall–Kier alpha value is -1.53. The van der Waals surface area contributed by atoms with Crippen LogP contribution in [0.4, 0.5) is 0 Å². The Morgan fingerprint density at radius 1 is 1.33 bits per heavy atom. The van der Waals surface area contributed by atoms with Crippen LogP contribution >= 0.6 is 23.1 Å². The molecule has 1 aromatic carbocycles. The summed E-state index contributed by atoms with van der Waals surface area (Å²) in [5.41, 5.74) is 2.12. The van der Waals surface area contributed by atoms with Crippen molar-refractivity contribution in [3.8, 4) is 0 Å². The quantitative estimate of drug-likeness (QED) is 0.796. The zero-order chi connectivity index (χ0) is 15.1. The SMILES string of the molecule is Cc1csc(=O)n1CC(=O)NCCSCc1ccccc1. The molecule has 2 rings (SSSR count). The summed E-state index contributed by atoms with van der Waals surface area (Å²) in [7, 11) is 0. The summed E-state index contributed by atoms with van der Waals surface area (Å²) in [6, 6.07) is 10.2. The highest BCUT2D eigenvalue weighted by Crippen LogP contribution is 2.10. The van der Waals surface area contributed by atoms with Gasteiger partial charge in [0.05, 0.1) is 0 Å². The van der Waals surface area contributed by atoms with Crippen molar-refractivity contribution in [3.63, 3.8) is 0 Å². The Bertz CT molecular complexity index is 635. The zero-order valence-electron chi connectivity index (χ0n) is 11.9. The molecule has 0 saturated heterocycles. The van der Waals surface area contributed by atoms with E-state index in [1.54, 1.807) is 17.1 Å². The maximum absolute atomic E-state index is 11.8. The van der Waals surface area contributed by atoms with Gasteiger partial charge in [0.25, 0.3) is 0 Å². The van der Waals surface area contributed by atoms with E-state index in [0.717, 1.165) is 28.5 Å². The number of carbonyl (C=O) groups is 1. The third kappa shape index (κ3) is 5.06. The number of rotatable bonds is 7. The molecule has 0 radical (unpaired) electrons. The van der Waals surface area contributed by atoms with Crippen molar-refractivity contribution in [1.82, 2.24) is 9.88 Å². The van der Waals surface area contributed by atoms with E-state index < -0.39 is 0 Å². The lowest BCUT2D eigenvalue weighted by Gasteiger charge is -2.07. The Balaban J connectivity index is 1.65. The molecule has 0 aliphatic heterocycles. The lowest BCUT2D eigenvalue weighted by Crippen LogP contribution is -2.32. The molecule has 4 nitrogen and oxygen atoms in total. The molecule has 1 N–H and O–H groups in total. The van der Waals surface area contributed by atoms with Gasteiger partial charge in [-0.15, -0.1) is 0 Å². The van der Waals surface area contributed by atoms with Crippen LogP contribution in [0.3, 0.4) is 0 Å². The minimum absolute atomic E-state index is 0.0823. The van der Waals surface area contributed by atoms with Crippen molar-refractivity contribution in [2.75, 3.05) is 12.3 Å². The van der Waals surface area contributed by atoms with Crippen molar-refractivity contribution in [2.45, 2.75) is 19.2 Å². The number of thiazole rings is 1. The van der Waals surface area contributed by atoms with Crippen LogP contribution in [0.15, 0.2) is 40.5 Å². The average Bonchev–Trinajstić information content (AvgIpc) is 2.80. The standard InChI is InChI=1S/C15H18N2O2S2/c1-12-10-21-15(19)17(12)9-14(18)16-7-8-20-11-13-5-3-2-4-6-13/h2-6,10H,7-9,11H2,1H3,(H,16,18). The maximum atomic E-state index is 11.8. The zero-order valence-corrected chi connectivity index (χ0v) is 13.5. The first kappa shape index (κ1) is 15.9. The molecule has 0 atom stereocenters. The summed E-state index contributed by atoms with van der Waals surface area (Å²) in [6.45, 7) is 2.56. The Kier molecular flexibility index (Phi) is 6.07. The lowest BCUT2D eigenvalue weighted by atomic mass is 10.2. The summed E-state index contributed by atoms with van der Waals surface area (Å²) in [6.07, 6.45) is 0. The number of nitrogens with zero attached hydrogens (tertiary/aromatic N) is 1. The van der Waals surface area contributed by atoms with Gasteiger partial charge in [-0.25, -0.2) is 0 Å². The number of amides is 1. The third-order valence-corrected chi connectivity index (χ3v) is 4.87. The molecular formula is C15H18N2O2S2. The summed E-state index contributed by atoms with van der Waals surface area (Å²) in [4.78, 5) is 23.2. The van der Waals surface area contributed by atoms with Gasteiger partial charge in [0.2, 0.25) is 5.91 Å². The third-order valence-electron chi connectivity index (χ3n) is 2.96. The van der Waals surface area contributed by atoms with E-state index >= 15 is 0 Å². The fourth-order valence-corrected chi connectivity index (χ4v) is 3.38.